The molecule has 0 aliphatic carbocycles. The molecule has 0 aliphatic heterocycles. The van der Waals surface area contributed by atoms with Gasteiger partial charge in [-0.2, -0.15) is 0 Å². The van der Waals surface area contributed by atoms with Crippen molar-refractivity contribution in [2.75, 3.05) is 33.8 Å². The Labute approximate surface area is 167 Å². The third-order valence-corrected chi connectivity index (χ3v) is 4.68. The summed E-state index contributed by atoms with van der Waals surface area (Å²) in [6.07, 6.45) is 0. The second-order valence-corrected chi connectivity index (χ2v) is 6.18. The molecule has 8 nitrogen and oxygen atoms in total. The van der Waals surface area contributed by atoms with Crippen LogP contribution >= 0.6 is 0 Å². The van der Waals surface area contributed by atoms with E-state index in [4.69, 9.17) is 18.9 Å². The number of nitrogens with zero attached hydrogens (tertiary/aromatic N) is 1. The summed E-state index contributed by atoms with van der Waals surface area (Å²) >= 11 is 0. The van der Waals surface area contributed by atoms with Gasteiger partial charge in [-0.25, -0.2) is 4.79 Å². The van der Waals surface area contributed by atoms with Crippen molar-refractivity contribution in [3.05, 3.63) is 47.7 Å². The Balaban J connectivity index is 2.06. The number of aromatic nitrogens is 1. The number of esters is 1. The SMILES string of the molecule is COC(=O)c1cc(OC)c(OC)cc1NC(=O)c1cc2c(OC)cccc2n1C. The van der Waals surface area contributed by atoms with Gasteiger partial charge in [0.05, 0.1) is 45.2 Å². The van der Waals surface area contributed by atoms with Gasteiger partial charge in [0, 0.05) is 24.6 Å². The van der Waals surface area contributed by atoms with E-state index in [1.165, 1.54) is 33.5 Å². The molecule has 1 amide bonds. The van der Waals surface area contributed by atoms with Crippen LogP contribution in [0.1, 0.15) is 20.8 Å². The number of ether oxygens (including phenoxy) is 4. The second-order valence-electron chi connectivity index (χ2n) is 6.18. The van der Waals surface area contributed by atoms with Crippen molar-refractivity contribution < 1.29 is 28.5 Å². The molecule has 152 valence electrons. The first-order valence-electron chi connectivity index (χ1n) is 8.73. The summed E-state index contributed by atoms with van der Waals surface area (Å²) in [7, 11) is 7.55. The van der Waals surface area contributed by atoms with E-state index in [9.17, 15) is 9.59 Å². The quantitative estimate of drug-likeness (QED) is 0.642. The van der Waals surface area contributed by atoms with Crippen molar-refractivity contribution in [3.8, 4) is 17.2 Å². The van der Waals surface area contributed by atoms with Crippen LogP contribution in [0.15, 0.2) is 36.4 Å². The van der Waals surface area contributed by atoms with Crippen LogP contribution in [0.5, 0.6) is 17.2 Å². The van der Waals surface area contributed by atoms with Gasteiger partial charge < -0.3 is 28.8 Å². The van der Waals surface area contributed by atoms with Gasteiger partial charge in [-0.05, 0) is 18.2 Å². The first kappa shape index (κ1) is 20.1. The van der Waals surface area contributed by atoms with Gasteiger partial charge in [0.25, 0.3) is 5.91 Å². The smallest absolute Gasteiger partial charge is 0.340 e. The highest BCUT2D eigenvalue weighted by atomic mass is 16.5. The van der Waals surface area contributed by atoms with E-state index in [0.717, 1.165) is 10.9 Å². The van der Waals surface area contributed by atoms with E-state index in [2.05, 4.69) is 5.32 Å². The molecule has 0 saturated heterocycles. The lowest BCUT2D eigenvalue weighted by Gasteiger charge is -2.15. The third-order valence-electron chi connectivity index (χ3n) is 4.68. The molecule has 0 saturated carbocycles. The fourth-order valence-electron chi connectivity index (χ4n) is 3.18. The molecule has 0 atom stereocenters. The fourth-order valence-corrected chi connectivity index (χ4v) is 3.18. The number of benzene rings is 2. The Morgan fingerprint density at radius 2 is 1.55 bits per heavy atom. The summed E-state index contributed by atoms with van der Waals surface area (Å²) in [5, 5.41) is 3.58. The molecule has 3 aromatic rings. The zero-order valence-corrected chi connectivity index (χ0v) is 16.9. The lowest BCUT2D eigenvalue weighted by molar-refractivity contribution is 0.0601. The topological polar surface area (TPSA) is 88.0 Å². The predicted octanol–water partition coefficient (Wildman–Crippen LogP) is 3.24. The predicted molar refractivity (Wildman–Crippen MR) is 108 cm³/mol. The van der Waals surface area contributed by atoms with Gasteiger partial charge in [-0.1, -0.05) is 6.07 Å². The molecular formula is C21H22N2O6. The molecule has 0 unspecified atom stereocenters. The summed E-state index contributed by atoms with van der Waals surface area (Å²) in [5.74, 6) is 0.371. The van der Waals surface area contributed by atoms with Crippen LogP contribution in [0.2, 0.25) is 0 Å². The number of aryl methyl sites for hydroxylation is 1. The Bertz CT molecular complexity index is 1090. The van der Waals surface area contributed by atoms with Crippen molar-refractivity contribution >= 4 is 28.5 Å². The highest BCUT2D eigenvalue weighted by molar-refractivity contribution is 6.10. The Morgan fingerprint density at radius 3 is 2.17 bits per heavy atom. The number of rotatable bonds is 6. The maximum absolute atomic E-state index is 13.0. The minimum Gasteiger partial charge on any atom is -0.496 e. The average molecular weight is 398 g/mol. The molecule has 0 spiro atoms. The molecule has 0 radical (unpaired) electrons. The average Bonchev–Trinajstić information content (AvgIpc) is 3.09. The number of anilines is 1. The number of methoxy groups -OCH3 is 4. The lowest BCUT2D eigenvalue weighted by atomic mass is 10.1. The summed E-state index contributed by atoms with van der Waals surface area (Å²) in [6.45, 7) is 0. The zero-order valence-electron chi connectivity index (χ0n) is 16.9. The summed E-state index contributed by atoms with van der Waals surface area (Å²) in [5.41, 5.74) is 1.64. The highest BCUT2D eigenvalue weighted by Crippen LogP contribution is 2.34. The Morgan fingerprint density at radius 1 is 0.897 bits per heavy atom. The first-order chi connectivity index (χ1) is 13.9. The van der Waals surface area contributed by atoms with Crippen molar-refractivity contribution in [1.82, 2.24) is 4.57 Å². The zero-order chi connectivity index (χ0) is 21.1. The third kappa shape index (κ3) is 3.56. The van der Waals surface area contributed by atoms with Gasteiger partial charge in [0.2, 0.25) is 0 Å². The summed E-state index contributed by atoms with van der Waals surface area (Å²) < 4.78 is 22.5. The Hall–Kier alpha value is -3.68. The number of hydrogen-bond acceptors (Lipinski definition) is 6. The molecule has 3 rings (SSSR count). The monoisotopic (exact) mass is 398 g/mol. The molecular weight excluding hydrogens is 376 g/mol. The largest absolute Gasteiger partial charge is 0.496 e. The molecule has 8 heteroatoms. The molecule has 0 bridgehead atoms. The number of amides is 1. The molecule has 1 N–H and O–H groups in total. The van der Waals surface area contributed by atoms with Crippen LogP contribution in [0.3, 0.4) is 0 Å². The van der Waals surface area contributed by atoms with Crippen molar-refractivity contribution in [2.24, 2.45) is 7.05 Å². The molecule has 2 aromatic carbocycles. The maximum atomic E-state index is 13.0. The normalized spacial score (nSPS) is 10.5. The van der Waals surface area contributed by atoms with E-state index >= 15 is 0 Å². The second kappa shape index (κ2) is 8.14. The first-order valence-corrected chi connectivity index (χ1v) is 8.73. The minimum absolute atomic E-state index is 0.148. The Kier molecular flexibility index (Phi) is 5.63. The van der Waals surface area contributed by atoms with Crippen LogP contribution in [-0.2, 0) is 11.8 Å². The van der Waals surface area contributed by atoms with Gasteiger partial charge in [0.15, 0.2) is 11.5 Å². The number of carbonyl (C=O) groups is 2. The van der Waals surface area contributed by atoms with E-state index < -0.39 is 11.9 Å². The molecule has 0 fully saturated rings. The molecule has 1 heterocycles. The van der Waals surface area contributed by atoms with E-state index in [1.807, 2.05) is 18.2 Å². The van der Waals surface area contributed by atoms with Crippen molar-refractivity contribution in [2.45, 2.75) is 0 Å². The molecule has 0 aliphatic rings. The van der Waals surface area contributed by atoms with Crippen molar-refractivity contribution in [1.29, 1.82) is 0 Å². The van der Waals surface area contributed by atoms with Gasteiger partial charge >= 0.3 is 5.97 Å². The van der Waals surface area contributed by atoms with Crippen LogP contribution in [0.25, 0.3) is 10.9 Å². The van der Waals surface area contributed by atoms with E-state index in [1.54, 1.807) is 24.8 Å². The van der Waals surface area contributed by atoms with Crippen molar-refractivity contribution in [3.63, 3.8) is 0 Å². The van der Waals surface area contributed by atoms with Gasteiger partial charge in [0.1, 0.15) is 11.4 Å². The van der Waals surface area contributed by atoms with Crippen LogP contribution in [0.4, 0.5) is 5.69 Å². The van der Waals surface area contributed by atoms with Crippen LogP contribution in [0, 0.1) is 0 Å². The maximum Gasteiger partial charge on any atom is 0.340 e. The summed E-state index contributed by atoms with van der Waals surface area (Å²) in [6, 6.07) is 10.3. The lowest BCUT2D eigenvalue weighted by Crippen LogP contribution is -2.18. The minimum atomic E-state index is -0.611. The summed E-state index contributed by atoms with van der Waals surface area (Å²) in [4.78, 5) is 25.2. The van der Waals surface area contributed by atoms with E-state index in [-0.39, 0.29) is 11.3 Å². The van der Waals surface area contributed by atoms with E-state index in [0.29, 0.717) is 22.9 Å². The van der Waals surface area contributed by atoms with Crippen LogP contribution < -0.4 is 19.5 Å². The standard InChI is InChI=1S/C21H22N2O6/c1-23-15-7-6-8-17(26-2)13(15)9-16(23)20(24)22-14-11-19(28-4)18(27-3)10-12(14)21(25)29-5/h6-11H,1-5H3,(H,22,24). The van der Waals surface area contributed by atoms with Gasteiger partial charge in [-0.15, -0.1) is 0 Å². The molecule has 1 aromatic heterocycles. The fraction of sp³-hybridized carbons (Fsp3) is 0.238. The number of hydrogen-bond donors (Lipinski definition) is 1. The number of fused-ring (bicyclic) bond motifs is 1. The molecule has 29 heavy (non-hydrogen) atoms. The number of carbonyl (C=O) groups excluding carboxylic acids is 2. The highest BCUT2D eigenvalue weighted by Gasteiger charge is 2.21. The van der Waals surface area contributed by atoms with Gasteiger partial charge in [-0.3, -0.25) is 4.79 Å². The number of nitrogens with one attached hydrogen (secondary N) is 1. The van der Waals surface area contributed by atoms with Crippen LogP contribution in [-0.4, -0.2) is 44.9 Å².